The van der Waals surface area contributed by atoms with Crippen molar-refractivity contribution in [2.75, 3.05) is 0 Å². The van der Waals surface area contributed by atoms with Crippen LogP contribution in [0.5, 0.6) is 0 Å². The summed E-state index contributed by atoms with van der Waals surface area (Å²) in [4.78, 5) is 14.3. The summed E-state index contributed by atoms with van der Waals surface area (Å²) in [6, 6.07) is 12.8. The van der Waals surface area contributed by atoms with Gasteiger partial charge in [-0.15, -0.1) is 0 Å². The molecule has 0 bridgehead atoms. The fraction of sp³-hybridized carbons (Fsp3) is 0.250. The molecule has 0 spiro atoms. The number of nitrogens with zero attached hydrogens (tertiary/aromatic N) is 2. The van der Waals surface area contributed by atoms with Gasteiger partial charge in [0, 0.05) is 36.6 Å². The Labute approximate surface area is 172 Å². The Balaban J connectivity index is 0.000000200. The van der Waals surface area contributed by atoms with Crippen LogP contribution in [0.1, 0.15) is 44.8 Å². The van der Waals surface area contributed by atoms with Gasteiger partial charge in [-0.2, -0.15) is 0 Å². The predicted octanol–water partition coefficient (Wildman–Crippen LogP) is 4.41. The summed E-state index contributed by atoms with van der Waals surface area (Å²) >= 11 is 0. The second-order valence-electron chi connectivity index (χ2n) is 7.23. The summed E-state index contributed by atoms with van der Waals surface area (Å²) < 4.78 is 0. The van der Waals surface area contributed by atoms with Gasteiger partial charge in [0.15, 0.2) is 0 Å². The highest BCUT2D eigenvalue weighted by Gasteiger charge is 2.03. The molecule has 29 heavy (non-hydrogen) atoms. The SMILES string of the molecule is Cc1cccc(Cc2cnc[nH]2)c1C.Cc1cccc(Cc2cnc[nH]2)c1C.O. The molecule has 0 unspecified atom stereocenters. The first-order valence-electron chi connectivity index (χ1n) is 9.59. The molecule has 0 aliphatic carbocycles. The lowest BCUT2D eigenvalue weighted by Crippen LogP contribution is -1.93. The number of aryl methyl sites for hydroxylation is 2. The number of aromatic nitrogens is 4. The van der Waals surface area contributed by atoms with E-state index in [0.717, 1.165) is 12.8 Å². The fourth-order valence-electron chi connectivity index (χ4n) is 3.18. The van der Waals surface area contributed by atoms with E-state index in [9.17, 15) is 0 Å². The highest BCUT2D eigenvalue weighted by molar-refractivity contribution is 5.36. The molecule has 0 atom stereocenters. The number of nitrogens with one attached hydrogen (secondary N) is 2. The number of hydrogen-bond acceptors (Lipinski definition) is 2. The molecule has 0 amide bonds. The minimum Gasteiger partial charge on any atom is -0.412 e. The zero-order chi connectivity index (χ0) is 19.9. The van der Waals surface area contributed by atoms with Gasteiger partial charge < -0.3 is 15.4 Å². The van der Waals surface area contributed by atoms with Crippen LogP contribution >= 0.6 is 0 Å². The van der Waals surface area contributed by atoms with Crippen LogP contribution in [0.3, 0.4) is 0 Å². The lowest BCUT2D eigenvalue weighted by Gasteiger charge is -2.06. The van der Waals surface area contributed by atoms with Crippen molar-refractivity contribution in [3.8, 4) is 0 Å². The molecule has 2 aromatic carbocycles. The molecule has 0 fully saturated rings. The Bertz CT molecular complexity index is 922. The van der Waals surface area contributed by atoms with Crippen molar-refractivity contribution in [3.63, 3.8) is 0 Å². The van der Waals surface area contributed by atoms with Crippen molar-refractivity contribution in [2.24, 2.45) is 0 Å². The normalized spacial score (nSPS) is 10.1. The summed E-state index contributed by atoms with van der Waals surface area (Å²) in [6.07, 6.45) is 9.07. The van der Waals surface area contributed by atoms with Crippen LogP contribution in [0.25, 0.3) is 0 Å². The highest BCUT2D eigenvalue weighted by Crippen LogP contribution is 2.16. The number of benzene rings is 2. The van der Waals surface area contributed by atoms with Crippen LogP contribution in [0.15, 0.2) is 61.4 Å². The zero-order valence-corrected chi connectivity index (χ0v) is 17.6. The Morgan fingerprint density at radius 2 is 1.07 bits per heavy atom. The third-order valence-electron chi connectivity index (χ3n) is 5.31. The second kappa shape index (κ2) is 10.4. The fourth-order valence-corrected chi connectivity index (χ4v) is 3.18. The zero-order valence-electron chi connectivity index (χ0n) is 17.6. The summed E-state index contributed by atoms with van der Waals surface area (Å²) in [7, 11) is 0. The van der Waals surface area contributed by atoms with Crippen molar-refractivity contribution in [1.29, 1.82) is 0 Å². The Hall–Kier alpha value is -3.18. The van der Waals surface area contributed by atoms with Crippen LogP contribution in [-0.4, -0.2) is 25.4 Å². The third-order valence-corrected chi connectivity index (χ3v) is 5.31. The minimum atomic E-state index is 0. The third kappa shape index (κ3) is 5.90. The standard InChI is InChI=1S/2C12H14N2.H2O/c2*1-9-4-3-5-11(10(9)2)6-12-7-13-8-14-12;/h2*3-5,7-8H,6H2,1-2H3,(H,13,14);1H2. The van der Waals surface area contributed by atoms with Crippen molar-refractivity contribution in [2.45, 2.75) is 40.5 Å². The maximum Gasteiger partial charge on any atom is 0.0921 e. The summed E-state index contributed by atoms with van der Waals surface area (Å²) in [5.74, 6) is 0. The molecular weight excluding hydrogens is 360 g/mol. The molecule has 5 nitrogen and oxygen atoms in total. The lowest BCUT2D eigenvalue weighted by atomic mass is 10.0. The van der Waals surface area contributed by atoms with Gasteiger partial charge in [-0.3, -0.25) is 0 Å². The first-order valence-corrected chi connectivity index (χ1v) is 9.59. The van der Waals surface area contributed by atoms with Crippen molar-refractivity contribution in [1.82, 2.24) is 19.9 Å². The molecule has 4 N–H and O–H groups in total. The van der Waals surface area contributed by atoms with Crippen molar-refractivity contribution >= 4 is 0 Å². The van der Waals surface area contributed by atoms with Gasteiger partial charge in [-0.05, 0) is 61.1 Å². The predicted molar refractivity (Wildman–Crippen MR) is 118 cm³/mol. The number of aromatic amines is 2. The van der Waals surface area contributed by atoms with E-state index in [-0.39, 0.29) is 5.48 Å². The minimum absolute atomic E-state index is 0. The topological polar surface area (TPSA) is 88.9 Å². The van der Waals surface area contributed by atoms with Crippen LogP contribution in [-0.2, 0) is 12.8 Å². The van der Waals surface area contributed by atoms with Gasteiger partial charge in [0.1, 0.15) is 0 Å². The van der Waals surface area contributed by atoms with Crippen LogP contribution in [0.4, 0.5) is 0 Å². The Morgan fingerprint density at radius 1 is 0.655 bits per heavy atom. The van der Waals surface area contributed by atoms with Gasteiger partial charge in [0.25, 0.3) is 0 Å². The summed E-state index contributed by atoms with van der Waals surface area (Å²) in [5.41, 5.74) is 10.5. The van der Waals surface area contributed by atoms with E-state index in [4.69, 9.17) is 0 Å². The lowest BCUT2D eigenvalue weighted by molar-refractivity contribution is 0.824. The number of hydrogen-bond donors (Lipinski definition) is 2. The highest BCUT2D eigenvalue weighted by atomic mass is 16.0. The molecule has 2 aromatic heterocycles. The van der Waals surface area contributed by atoms with Crippen LogP contribution in [0, 0.1) is 27.7 Å². The molecule has 4 rings (SSSR count). The smallest absolute Gasteiger partial charge is 0.0921 e. The molecule has 152 valence electrons. The molecule has 0 aliphatic heterocycles. The molecule has 0 saturated carbocycles. The number of rotatable bonds is 4. The molecular formula is C24H30N4O. The summed E-state index contributed by atoms with van der Waals surface area (Å²) in [6.45, 7) is 8.62. The van der Waals surface area contributed by atoms with Crippen molar-refractivity contribution < 1.29 is 5.48 Å². The molecule has 0 radical (unpaired) electrons. The Morgan fingerprint density at radius 3 is 1.41 bits per heavy atom. The molecule has 5 heteroatoms. The van der Waals surface area contributed by atoms with Crippen molar-refractivity contribution in [3.05, 3.63) is 106 Å². The maximum absolute atomic E-state index is 4.01. The van der Waals surface area contributed by atoms with E-state index >= 15 is 0 Å². The Kier molecular flexibility index (Phi) is 7.92. The average Bonchev–Trinajstić information content (AvgIpc) is 3.38. The first-order chi connectivity index (χ1) is 13.5. The largest absolute Gasteiger partial charge is 0.412 e. The van der Waals surface area contributed by atoms with E-state index in [1.807, 2.05) is 12.4 Å². The maximum atomic E-state index is 4.01. The van der Waals surface area contributed by atoms with E-state index in [1.165, 1.54) is 44.8 Å². The monoisotopic (exact) mass is 390 g/mol. The van der Waals surface area contributed by atoms with E-state index in [2.05, 4.69) is 84.0 Å². The summed E-state index contributed by atoms with van der Waals surface area (Å²) in [5, 5.41) is 0. The van der Waals surface area contributed by atoms with Gasteiger partial charge in [-0.25, -0.2) is 9.97 Å². The molecule has 0 saturated heterocycles. The van der Waals surface area contributed by atoms with E-state index in [1.54, 1.807) is 12.7 Å². The second-order valence-corrected chi connectivity index (χ2v) is 7.23. The number of imidazole rings is 2. The van der Waals surface area contributed by atoms with Gasteiger partial charge in [0.05, 0.1) is 12.7 Å². The molecule has 0 aliphatic rings. The van der Waals surface area contributed by atoms with Crippen LogP contribution in [0.2, 0.25) is 0 Å². The molecule has 2 heterocycles. The van der Waals surface area contributed by atoms with Gasteiger partial charge >= 0.3 is 0 Å². The average molecular weight is 391 g/mol. The van der Waals surface area contributed by atoms with E-state index in [0.29, 0.717) is 0 Å². The van der Waals surface area contributed by atoms with Gasteiger partial charge in [0.2, 0.25) is 0 Å². The number of H-pyrrole nitrogens is 2. The molecule has 4 aromatic rings. The van der Waals surface area contributed by atoms with Gasteiger partial charge in [-0.1, -0.05) is 36.4 Å². The van der Waals surface area contributed by atoms with E-state index < -0.39 is 0 Å². The van der Waals surface area contributed by atoms with Crippen LogP contribution < -0.4 is 0 Å². The first kappa shape index (κ1) is 22.1. The quantitative estimate of drug-likeness (QED) is 0.540.